The van der Waals surface area contributed by atoms with E-state index in [9.17, 15) is 5.11 Å². The van der Waals surface area contributed by atoms with E-state index >= 15 is 0 Å². The van der Waals surface area contributed by atoms with Gasteiger partial charge in [0.25, 0.3) is 5.89 Å². The predicted molar refractivity (Wildman–Crippen MR) is 102 cm³/mol. The van der Waals surface area contributed by atoms with E-state index in [4.69, 9.17) is 4.42 Å². The minimum atomic E-state index is 0.301. The third-order valence-corrected chi connectivity index (χ3v) is 5.35. The zero-order valence-corrected chi connectivity index (χ0v) is 15.8. The van der Waals surface area contributed by atoms with Crippen LogP contribution >= 0.6 is 15.9 Å². The van der Waals surface area contributed by atoms with Crippen molar-refractivity contribution >= 4 is 21.6 Å². The van der Waals surface area contributed by atoms with Crippen molar-refractivity contribution in [3.8, 4) is 17.2 Å². The number of halogens is 1. The highest BCUT2D eigenvalue weighted by molar-refractivity contribution is 9.10. The van der Waals surface area contributed by atoms with Crippen molar-refractivity contribution in [1.29, 1.82) is 0 Å². The molecule has 3 aromatic rings. The monoisotopic (exact) mass is 415 g/mol. The zero-order valence-electron chi connectivity index (χ0n) is 14.2. The second-order valence-corrected chi connectivity index (χ2v) is 7.27. The molecule has 0 spiro atoms. The first-order chi connectivity index (χ1) is 12.7. The molecule has 7 heteroatoms. The summed E-state index contributed by atoms with van der Waals surface area (Å²) in [5.41, 5.74) is 2.06. The molecule has 0 amide bonds. The lowest BCUT2D eigenvalue weighted by atomic mass is 10.2. The summed E-state index contributed by atoms with van der Waals surface area (Å²) < 4.78 is 6.81. The molecule has 1 fully saturated rings. The number of aromatic hydroxyl groups is 1. The summed E-state index contributed by atoms with van der Waals surface area (Å²) in [6, 6.07) is 15.2. The van der Waals surface area contributed by atoms with Crippen LogP contribution in [0.2, 0.25) is 0 Å². The number of benzene rings is 2. The fourth-order valence-electron chi connectivity index (χ4n) is 3.20. The number of phenols is 1. The minimum absolute atomic E-state index is 0.301. The molecule has 6 nitrogen and oxygen atoms in total. The number of hydrogen-bond donors (Lipinski definition) is 2. The van der Waals surface area contributed by atoms with Crippen LogP contribution in [0.25, 0.3) is 11.5 Å². The molecule has 4 rings (SSSR count). The van der Waals surface area contributed by atoms with Crippen molar-refractivity contribution in [3.63, 3.8) is 0 Å². The molecule has 0 saturated carbocycles. The maximum atomic E-state index is 9.41. The van der Waals surface area contributed by atoms with Crippen molar-refractivity contribution in [3.05, 3.63) is 58.9 Å². The number of nitrogens with zero attached hydrogens (tertiary/aromatic N) is 3. The molecular weight excluding hydrogens is 396 g/mol. The first-order valence-corrected chi connectivity index (χ1v) is 9.43. The van der Waals surface area contributed by atoms with E-state index in [0.717, 1.165) is 48.4 Å². The molecule has 2 N–H and O–H groups in total. The minimum Gasteiger partial charge on any atom is -0.508 e. The van der Waals surface area contributed by atoms with Gasteiger partial charge in [-0.15, -0.1) is 10.2 Å². The molecule has 0 radical (unpaired) electrons. The average Bonchev–Trinajstić information content (AvgIpc) is 3.12. The quantitative estimate of drug-likeness (QED) is 0.682. The van der Waals surface area contributed by atoms with Crippen LogP contribution in [0.4, 0.5) is 5.69 Å². The van der Waals surface area contributed by atoms with E-state index in [-0.39, 0.29) is 0 Å². The standard InChI is InChI=1S/C19H19BrN4O2/c20-17-4-2-1-3-16(17)19-22-21-18(26-19)13-23-9-11-24(12-10-23)14-5-7-15(25)8-6-14/h1-8,25H,9-13H2/p+1. The molecule has 0 atom stereocenters. The summed E-state index contributed by atoms with van der Waals surface area (Å²) in [4.78, 5) is 3.77. The Morgan fingerprint density at radius 3 is 2.50 bits per heavy atom. The number of anilines is 1. The third-order valence-electron chi connectivity index (χ3n) is 4.66. The highest BCUT2D eigenvalue weighted by Gasteiger charge is 2.23. The molecule has 26 heavy (non-hydrogen) atoms. The molecule has 0 unspecified atom stereocenters. The Kier molecular flexibility index (Phi) is 4.90. The second kappa shape index (κ2) is 7.47. The Morgan fingerprint density at radius 1 is 1.04 bits per heavy atom. The van der Waals surface area contributed by atoms with Crippen molar-refractivity contribution in [1.82, 2.24) is 10.2 Å². The van der Waals surface area contributed by atoms with Crippen LogP contribution < -0.4 is 9.80 Å². The van der Waals surface area contributed by atoms with E-state index in [2.05, 4.69) is 31.0 Å². The van der Waals surface area contributed by atoms with Gasteiger partial charge in [0.1, 0.15) is 5.75 Å². The van der Waals surface area contributed by atoms with Crippen LogP contribution in [0, 0.1) is 0 Å². The maximum absolute atomic E-state index is 9.41. The van der Waals surface area contributed by atoms with Gasteiger partial charge in [0, 0.05) is 10.2 Å². The summed E-state index contributed by atoms with van der Waals surface area (Å²) in [7, 11) is 0. The number of nitrogens with one attached hydrogen (secondary N) is 1. The number of phenolic OH excluding ortho intramolecular Hbond substituents is 1. The molecule has 2 heterocycles. The summed E-state index contributed by atoms with van der Waals surface area (Å²) >= 11 is 3.52. The van der Waals surface area contributed by atoms with Crippen LogP contribution in [0.5, 0.6) is 5.75 Å². The van der Waals surface area contributed by atoms with Gasteiger partial charge in [0.05, 0.1) is 31.7 Å². The van der Waals surface area contributed by atoms with Crippen molar-refractivity contribution in [2.75, 3.05) is 31.1 Å². The highest BCUT2D eigenvalue weighted by atomic mass is 79.9. The Morgan fingerprint density at radius 2 is 1.77 bits per heavy atom. The SMILES string of the molecule is Oc1ccc(N2CC[NH+](Cc3nnc(-c4ccccc4Br)o3)CC2)cc1. The summed E-state index contributed by atoms with van der Waals surface area (Å²) in [6.07, 6.45) is 0. The number of aromatic nitrogens is 2. The summed E-state index contributed by atoms with van der Waals surface area (Å²) in [6.45, 7) is 4.68. The van der Waals surface area contributed by atoms with Gasteiger partial charge in [-0.2, -0.15) is 0 Å². The third kappa shape index (κ3) is 3.73. The van der Waals surface area contributed by atoms with Gasteiger partial charge in [-0.3, -0.25) is 0 Å². The Hall–Kier alpha value is -2.38. The highest BCUT2D eigenvalue weighted by Crippen LogP contribution is 2.26. The molecule has 1 saturated heterocycles. The number of hydrogen-bond acceptors (Lipinski definition) is 5. The summed E-state index contributed by atoms with van der Waals surface area (Å²) in [5.74, 6) is 1.52. The normalized spacial score (nSPS) is 15.3. The van der Waals surface area contributed by atoms with E-state index in [1.807, 2.05) is 36.4 Å². The van der Waals surface area contributed by atoms with Gasteiger partial charge in [-0.1, -0.05) is 12.1 Å². The largest absolute Gasteiger partial charge is 0.508 e. The lowest BCUT2D eigenvalue weighted by Gasteiger charge is -2.33. The Bertz CT molecular complexity index is 873. The fourth-order valence-corrected chi connectivity index (χ4v) is 3.66. The molecule has 0 bridgehead atoms. The van der Waals surface area contributed by atoms with Crippen molar-refractivity contribution < 1.29 is 14.4 Å². The van der Waals surface area contributed by atoms with E-state index < -0.39 is 0 Å². The molecule has 1 aliphatic heterocycles. The maximum Gasteiger partial charge on any atom is 0.271 e. The predicted octanol–water partition coefficient (Wildman–Crippen LogP) is 2.11. The Labute approximate surface area is 160 Å². The van der Waals surface area contributed by atoms with Crippen LogP contribution in [0.1, 0.15) is 5.89 Å². The Balaban J connectivity index is 1.36. The smallest absolute Gasteiger partial charge is 0.271 e. The van der Waals surface area contributed by atoms with Crippen molar-refractivity contribution in [2.45, 2.75) is 6.54 Å². The van der Waals surface area contributed by atoms with Gasteiger partial charge in [-0.05, 0) is 52.3 Å². The molecule has 0 aliphatic carbocycles. The van der Waals surface area contributed by atoms with Crippen LogP contribution in [0.15, 0.2) is 57.4 Å². The van der Waals surface area contributed by atoms with Gasteiger partial charge < -0.3 is 19.3 Å². The van der Waals surface area contributed by atoms with Crippen LogP contribution in [-0.4, -0.2) is 41.5 Å². The topological polar surface area (TPSA) is 66.8 Å². The van der Waals surface area contributed by atoms with E-state index in [1.165, 1.54) is 4.90 Å². The van der Waals surface area contributed by atoms with Gasteiger partial charge in [-0.25, -0.2) is 0 Å². The van der Waals surface area contributed by atoms with Crippen LogP contribution in [0.3, 0.4) is 0 Å². The second-order valence-electron chi connectivity index (χ2n) is 6.41. The van der Waals surface area contributed by atoms with E-state index in [0.29, 0.717) is 17.5 Å². The molecule has 1 aromatic heterocycles. The van der Waals surface area contributed by atoms with Crippen molar-refractivity contribution in [2.24, 2.45) is 0 Å². The molecule has 2 aromatic carbocycles. The fraction of sp³-hybridized carbons (Fsp3) is 0.263. The number of rotatable bonds is 4. The lowest BCUT2D eigenvalue weighted by Crippen LogP contribution is -3.13. The molecular formula is C19H20BrN4O2+. The average molecular weight is 416 g/mol. The molecule has 134 valence electrons. The van der Waals surface area contributed by atoms with Crippen LogP contribution in [-0.2, 0) is 6.54 Å². The van der Waals surface area contributed by atoms with Gasteiger partial charge in [0.2, 0.25) is 5.89 Å². The zero-order chi connectivity index (χ0) is 17.9. The van der Waals surface area contributed by atoms with E-state index in [1.54, 1.807) is 12.1 Å². The number of piperazine rings is 1. The van der Waals surface area contributed by atoms with Gasteiger partial charge in [0.15, 0.2) is 6.54 Å². The number of quaternary nitrogens is 1. The first kappa shape index (κ1) is 17.1. The lowest BCUT2D eigenvalue weighted by molar-refractivity contribution is -0.915. The van der Waals surface area contributed by atoms with Gasteiger partial charge >= 0.3 is 0 Å². The molecule has 1 aliphatic rings. The first-order valence-electron chi connectivity index (χ1n) is 8.64. The summed E-state index contributed by atoms with van der Waals surface area (Å²) in [5, 5.41) is 17.8.